The maximum atomic E-state index is 12.5. The molecule has 1 heterocycles. The van der Waals surface area contributed by atoms with Crippen LogP contribution in [0.4, 0.5) is 5.69 Å². The molecule has 1 aliphatic heterocycles. The second kappa shape index (κ2) is 8.17. The van der Waals surface area contributed by atoms with E-state index in [2.05, 4.69) is 34.6 Å². The molecule has 2 aromatic rings. The van der Waals surface area contributed by atoms with Crippen LogP contribution in [0.2, 0.25) is 0 Å². The van der Waals surface area contributed by atoms with E-state index in [1.165, 1.54) is 12.8 Å². The van der Waals surface area contributed by atoms with E-state index in [-0.39, 0.29) is 5.91 Å². The van der Waals surface area contributed by atoms with Crippen molar-refractivity contribution in [1.29, 1.82) is 0 Å². The van der Waals surface area contributed by atoms with Gasteiger partial charge in [0.2, 0.25) is 0 Å². The SMILES string of the molecule is CCN1CCC[C@@H]1CNC(=O)c1cccc(-c2ccc(NC)cc2)c1. The minimum absolute atomic E-state index is 0.0108. The maximum Gasteiger partial charge on any atom is 0.251 e. The number of hydrogen-bond acceptors (Lipinski definition) is 3. The first-order chi connectivity index (χ1) is 12.2. The Morgan fingerprint density at radius 1 is 1.16 bits per heavy atom. The van der Waals surface area contributed by atoms with Crippen molar-refractivity contribution in [2.45, 2.75) is 25.8 Å². The molecular weight excluding hydrogens is 310 g/mol. The highest BCUT2D eigenvalue weighted by Crippen LogP contribution is 2.22. The maximum absolute atomic E-state index is 12.5. The fourth-order valence-corrected chi connectivity index (χ4v) is 3.52. The van der Waals surface area contributed by atoms with E-state index in [1.54, 1.807) is 0 Å². The van der Waals surface area contributed by atoms with Crippen LogP contribution in [0.25, 0.3) is 11.1 Å². The Bertz CT molecular complexity index is 711. The lowest BCUT2D eigenvalue weighted by atomic mass is 10.0. The van der Waals surface area contributed by atoms with Gasteiger partial charge in [-0.1, -0.05) is 31.2 Å². The van der Waals surface area contributed by atoms with E-state index in [9.17, 15) is 4.79 Å². The van der Waals surface area contributed by atoms with Crippen molar-refractivity contribution >= 4 is 11.6 Å². The van der Waals surface area contributed by atoms with Crippen molar-refractivity contribution in [1.82, 2.24) is 10.2 Å². The first-order valence-electron chi connectivity index (χ1n) is 9.11. The Morgan fingerprint density at radius 2 is 1.96 bits per heavy atom. The number of benzene rings is 2. The van der Waals surface area contributed by atoms with Crippen LogP contribution in [-0.4, -0.2) is 43.5 Å². The molecule has 2 aromatic carbocycles. The third-order valence-electron chi connectivity index (χ3n) is 5.04. The van der Waals surface area contributed by atoms with E-state index >= 15 is 0 Å². The highest BCUT2D eigenvalue weighted by Gasteiger charge is 2.23. The number of rotatable bonds is 6. The van der Waals surface area contributed by atoms with Crippen molar-refractivity contribution in [3.05, 3.63) is 54.1 Å². The van der Waals surface area contributed by atoms with Crippen molar-refractivity contribution in [3.63, 3.8) is 0 Å². The van der Waals surface area contributed by atoms with Gasteiger partial charge in [-0.3, -0.25) is 9.69 Å². The number of anilines is 1. The zero-order chi connectivity index (χ0) is 17.6. The predicted molar refractivity (Wildman–Crippen MR) is 104 cm³/mol. The van der Waals surface area contributed by atoms with E-state index < -0.39 is 0 Å². The Labute approximate surface area is 150 Å². The van der Waals surface area contributed by atoms with Crippen molar-refractivity contribution in [2.75, 3.05) is 32.0 Å². The van der Waals surface area contributed by atoms with Gasteiger partial charge in [0, 0.05) is 30.9 Å². The summed E-state index contributed by atoms with van der Waals surface area (Å²) < 4.78 is 0. The van der Waals surface area contributed by atoms with Crippen LogP contribution in [-0.2, 0) is 0 Å². The molecule has 2 N–H and O–H groups in total. The zero-order valence-electron chi connectivity index (χ0n) is 15.1. The van der Waals surface area contributed by atoms with Gasteiger partial charge in [-0.15, -0.1) is 0 Å². The molecule has 1 amide bonds. The van der Waals surface area contributed by atoms with Crippen LogP contribution < -0.4 is 10.6 Å². The normalized spacial score (nSPS) is 17.4. The molecule has 0 spiro atoms. The molecule has 0 unspecified atom stereocenters. The van der Waals surface area contributed by atoms with Crippen LogP contribution in [0.1, 0.15) is 30.1 Å². The number of hydrogen-bond donors (Lipinski definition) is 2. The number of carbonyl (C=O) groups excluding carboxylic acids is 1. The van der Waals surface area contributed by atoms with Crippen LogP contribution >= 0.6 is 0 Å². The fourth-order valence-electron chi connectivity index (χ4n) is 3.52. The zero-order valence-corrected chi connectivity index (χ0v) is 15.1. The van der Waals surface area contributed by atoms with Gasteiger partial charge in [0.25, 0.3) is 5.91 Å². The standard InChI is InChI=1S/C21H27N3O/c1-3-24-13-5-8-20(24)15-23-21(25)18-7-4-6-17(14-18)16-9-11-19(22-2)12-10-16/h4,6-7,9-12,14,20,22H,3,5,8,13,15H2,1-2H3,(H,23,25)/t20-/m1/s1. The third kappa shape index (κ3) is 4.20. The molecule has 1 aliphatic rings. The van der Waals surface area contributed by atoms with E-state index in [0.29, 0.717) is 6.04 Å². The van der Waals surface area contributed by atoms with Gasteiger partial charge in [-0.2, -0.15) is 0 Å². The largest absolute Gasteiger partial charge is 0.388 e. The summed E-state index contributed by atoms with van der Waals surface area (Å²) in [6.07, 6.45) is 2.40. The number of nitrogens with one attached hydrogen (secondary N) is 2. The Hall–Kier alpha value is -2.33. The Balaban J connectivity index is 1.66. The summed E-state index contributed by atoms with van der Waals surface area (Å²) in [5.74, 6) is 0.0108. The summed E-state index contributed by atoms with van der Waals surface area (Å²) in [6, 6.07) is 16.5. The minimum atomic E-state index is 0.0108. The predicted octanol–water partition coefficient (Wildman–Crippen LogP) is 3.61. The van der Waals surface area contributed by atoms with E-state index in [4.69, 9.17) is 0 Å². The Morgan fingerprint density at radius 3 is 2.68 bits per heavy atom. The number of likely N-dealkylation sites (N-methyl/N-ethyl adjacent to an activating group) is 1. The van der Waals surface area contributed by atoms with Crippen LogP contribution in [0, 0.1) is 0 Å². The van der Waals surface area contributed by atoms with Gasteiger partial charge in [-0.25, -0.2) is 0 Å². The van der Waals surface area contributed by atoms with Gasteiger partial charge in [0.1, 0.15) is 0 Å². The van der Waals surface area contributed by atoms with E-state index in [0.717, 1.165) is 42.0 Å². The lowest BCUT2D eigenvalue weighted by molar-refractivity contribution is 0.0941. The van der Waals surface area contributed by atoms with Crippen LogP contribution in [0.3, 0.4) is 0 Å². The number of nitrogens with zero attached hydrogens (tertiary/aromatic N) is 1. The summed E-state index contributed by atoms with van der Waals surface area (Å²) in [4.78, 5) is 15.0. The summed E-state index contributed by atoms with van der Waals surface area (Å²) in [5, 5.41) is 6.23. The Kier molecular flexibility index (Phi) is 5.71. The quantitative estimate of drug-likeness (QED) is 0.846. The molecule has 25 heavy (non-hydrogen) atoms. The van der Waals surface area contributed by atoms with Gasteiger partial charge in [0.05, 0.1) is 0 Å². The molecular formula is C21H27N3O. The lowest BCUT2D eigenvalue weighted by Crippen LogP contribution is -2.40. The number of amides is 1. The van der Waals surface area contributed by atoms with Crippen molar-refractivity contribution in [3.8, 4) is 11.1 Å². The summed E-state index contributed by atoms with van der Waals surface area (Å²) in [5.41, 5.74) is 3.97. The topological polar surface area (TPSA) is 44.4 Å². The lowest BCUT2D eigenvalue weighted by Gasteiger charge is -2.22. The molecule has 0 saturated carbocycles. The second-order valence-corrected chi connectivity index (χ2v) is 6.54. The minimum Gasteiger partial charge on any atom is -0.388 e. The highest BCUT2D eigenvalue weighted by atomic mass is 16.1. The second-order valence-electron chi connectivity index (χ2n) is 6.54. The summed E-state index contributed by atoms with van der Waals surface area (Å²) >= 11 is 0. The van der Waals surface area contributed by atoms with Gasteiger partial charge >= 0.3 is 0 Å². The van der Waals surface area contributed by atoms with E-state index in [1.807, 2.05) is 43.4 Å². The molecule has 0 aliphatic carbocycles. The number of carbonyl (C=O) groups is 1. The molecule has 1 fully saturated rings. The first kappa shape index (κ1) is 17.5. The molecule has 1 atom stereocenters. The number of likely N-dealkylation sites (tertiary alicyclic amines) is 1. The van der Waals surface area contributed by atoms with Gasteiger partial charge < -0.3 is 10.6 Å². The molecule has 0 bridgehead atoms. The monoisotopic (exact) mass is 337 g/mol. The molecule has 0 aromatic heterocycles. The van der Waals surface area contributed by atoms with Gasteiger partial charge in [0.15, 0.2) is 0 Å². The van der Waals surface area contributed by atoms with Crippen LogP contribution in [0.5, 0.6) is 0 Å². The molecule has 1 saturated heterocycles. The fraction of sp³-hybridized carbons (Fsp3) is 0.381. The molecule has 4 heteroatoms. The highest BCUT2D eigenvalue weighted by molar-refractivity contribution is 5.95. The van der Waals surface area contributed by atoms with Crippen molar-refractivity contribution < 1.29 is 4.79 Å². The van der Waals surface area contributed by atoms with Crippen molar-refractivity contribution in [2.24, 2.45) is 0 Å². The molecule has 0 radical (unpaired) electrons. The first-order valence-corrected chi connectivity index (χ1v) is 9.11. The van der Waals surface area contributed by atoms with Gasteiger partial charge in [-0.05, 0) is 61.3 Å². The molecule has 3 rings (SSSR count). The summed E-state index contributed by atoms with van der Waals surface area (Å²) in [6.45, 7) is 5.12. The van der Waals surface area contributed by atoms with Crippen LogP contribution in [0.15, 0.2) is 48.5 Å². The third-order valence-corrected chi connectivity index (χ3v) is 5.04. The average Bonchev–Trinajstić information content (AvgIpc) is 3.14. The average molecular weight is 337 g/mol. The smallest absolute Gasteiger partial charge is 0.251 e. The molecule has 132 valence electrons. The molecule has 4 nitrogen and oxygen atoms in total. The summed E-state index contributed by atoms with van der Waals surface area (Å²) in [7, 11) is 1.91.